The first-order chi connectivity index (χ1) is 13.0. The molecule has 142 valence electrons. The van der Waals surface area contributed by atoms with E-state index in [-0.39, 0.29) is 11.7 Å². The van der Waals surface area contributed by atoms with E-state index < -0.39 is 4.75 Å². The maximum Gasteiger partial charge on any atom is 0.240 e. The lowest BCUT2D eigenvalue weighted by Gasteiger charge is -2.26. The number of H-pyrrole nitrogens is 1. The minimum absolute atomic E-state index is 0.00891. The third-order valence-electron chi connectivity index (χ3n) is 4.88. The number of carbonyl (C=O) groups is 1. The number of nitrogens with zero attached hydrogens (tertiary/aromatic N) is 1. The average Bonchev–Trinajstić information content (AvgIpc) is 3.10. The Labute approximate surface area is 162 Å². The normalized spacial score (nSPS) is 13.5. The first kappa shape index (κ1) is 19.4. The lowest BCUT2D eigenvalue weighted by atomic mass is 10.0. The summed E-state index contributed by atoms with van der Waals surface area (Å²) in [5, 5.41) is 11.3. The number of thioether (sulfide) groups is 1. The fourth-order valence-corrected chi connectivity index (χ4v) is 3.59. The van der Waals surface area contributed by atoms with Crippen molar-refractivity contribution in [1.82, 2.24) is 10.2 Å². The van der Waals surface area contributed by atoms with Crippen LogP contribution in [-0.4, -0.2) is 27.1 Å². The number of aromatic amines is 1. The van der Waals surface area contributed by atoms with Crippen LogP contribution in [0, 0.1) is 5.82 Å². The van der Waals surface area contributed by atoms with E-state index in [0.29, 0.717) is 0 Å². The van der Waals surface area contributed by atoms with Gasteiger partial charge in [-0.3, -0.25) is 9.89 Å². The SMILES string of the molecule is CCCC[C@](C)(SC)C(=O)Nc1ccc2[nH]nc(-c3ccc(F)cc3)c2c1. The number of hydrogen-bond acceptors (Lipinski definition) is 3. The molecule has 4 nitrogen and oxygen atoms in total. The van der Waals surface area contributed by atoms with Crippen molar-refractivity contribution in [3.8, 4) is 11.3 Å². The highest BCUT2D eigenvalue weighted by Crippen LogP contribution is 2.32. The van der Waals surface area contributed by atoms with Gasteiger partial charge >= 0.3 is 0 Å². The van der Waals surface area contributed by atoms with Crippen molar-refractivity contribution in [2.75, 3.05) is 11.6 Å². The molecule has 0 radical (unpaired) electrons. The quantitative estimate of drug-likeness (QED) is 0.555. The summed E-state index contributed by atoms with van der Waals surface area (Å²) < 4.78 is 12.7. The third kappa shape index (κ3) is 4.16. The Balaban J connectivity index is 1.89. The Kier molecular flexibility index (Phi) is 5.85. The second-order valence-corrected chi connectivity index (χ2v) is 8.14. The summed E-state index contributed by atoms with van der Waals surface area (Å²) in [4.78, 5) is 12.8. The number of carbonyl (C=O) groups excluding carboxylic acids is 1. The van der Waals surface area contributed by atoms with Crippen LogP contribution in [0.25, 0.3) is 22.2 Å². The molecular formula is C21H24FN3OS. The van der Waals surface area contributed by atoms with Gasteiger partial charge in [0, 0.05) is 16.6 Å². The van der Waals surface area contributed by atoms with Crippen molar-refractivity contribution in [3.63, 3.8) is 0 Å². The van der Waals surface area contributed by atoms with E-state index in [9.17, 15) is 9.18 Å². The van der Waals surface area contributed by atoms with Gasteiger partial charge in [-0.25, -0.2) is 4.39 Å². The zero-order valence-electron chi connectivity index (χ0n) is 15.8. The Hall–Kier alpha value is -2.34. The van der Waals surface area contributed by atoms with Gasteiger partial charge < -0.3 is 5.32 Å². The minimum atomic E-state index is -0.457. The number of unbranched alkanes of at least 4 members (excludes halogenated alkanes) is 1. The van der Waals surface area contributed by atoms with E-state index in [1.807, 2.05) is 31.4 Å². The van der Waals surface area contributed by atoms with Crippen LogP contribution in [0.1, 0.15) is 33.1 Å². The molecule has 27 heavy (non-hydrogen) atoms. The number of hydrogen-bond donors (Lipinski definition) is 2. The van der Waals surface area contributed by atoms with E-state index in [4.69, 9.17) is 0 Å². The molecule has 2 aromatic carbocycles. The van der Waals surface area contributed by atoms with Crippen LogP contribution in [-0.2, 0) is 4.79 Å². The Bertz CT molecular complexity index is 938. The number of amides is 1. The predicted octanol–water partition coefficient (Wildman–Crippen LogP) is 5.62. The van der Waals surface area contributed by atoms with Crippen molar-refractivity contribution in [1.29, 1.82) is 0 Å². The maximum atomic E-state index is 13.2. The summed E-state index contributed by atoms with van der Waals surface area (Å²) in [6.07, 6.45) is 4.89. The van der Waals surface area contributed by atoms with E-state index in [1.165, 1.54) is 12.1 Å². The molecule has 3 aromatic rings. The Morgan fingerprint density at radius 3 is 2.67 bits per heavy atom. The van der Waals surface area contributed by atoms with Gasteiger partial charge in [-0.05, 0) is 62.1 Å². The molecule has 0 bridgehead atoms. The molecule has 0 aliphatic carbocycles. The van der Waals surface area contributed by atoms with Crippen LogP contribution in [0.4, 0.5) is 10.1 Å². The number of benzene rings is 2. The van der Waals surface area contributed by atoms with Crippen LogP contribution >= 0.6 is 11.8 Å². The zero-order chi connectivity index (χ0) is 19.4. The molecule has 1 aromatic heterocycles. The minimum Gasteiger partial charge on any atom is -0.325 e. The van der Waals surface area contributed by atoms with Crippen LogP contribution < -0.4 is 5.32 Å². The van der Waals surface area contributed by atoms with Crippen molar-refractivity contribution in [2.24, 2.45) is 0 Å². The van der Waals surface area contributed by atoms with Gasteiger partial charge in [-0.1, -0.05) is 19.8 Å². The van der Waals surface area contributed by atoms with Gasteiger partial charge in [0.05, 0.1) is 16.0 Å². The molecule has 0 spiro atoms. The fraction of sp³-hybridized carbons (Fsp3) is 0.333. The van der Waals surface area contributed by atoms with Crippen LogP contribution in [0.5, 0.6) is 0 Å². The molecule has 1 heterocycles. The highest BCUT2D eigenvalue weighted by atomic mass is 32.2. The standard InChI is InChI=1S/C21H24FN3OS/c1-4-5-12-21(2,27-3)20(26)23-16-10-11-18-17(13-16)19(25-24-18)14-6-8-15(22)9-7-14/h6-11,13H,4-5,12H2,1-3H3,(H,23,26)(H,24,25)/t21-/m0/s1. The summed E-state index contributed by atoms with van der Waals surface area (Å²) in [6.45, 7) is 4.12. The summed E-state index contributed by atoms with van der Waals surface area (Å²) in [5.41, 5.74) is 3.16. The van der Waals surface area contributed by atoms with Gasteiger partial charge in [0.15, 0.2) is 0 Å². The highest BCUT2D eigenvalue weighted by Gasteiger charge is 2.31. The van der Waals surface area contributed by atoms with E-state index >= 15 is 0 Å². The Morgan fingerprint density at radius 2 is 2.00 bits per heavy atom. The number of aromatic nitrogens is 2. The number of nitrogens with one attached hydrogen (secondary N) is 2. The first-order valence-corrected chi connectivity index (χ1v) is 10.3. The average molecular weight is 386 g/mol. The first-order valence-electron chi connectivity index (χ1n) is 9.07. The van der Waals surface area contributed by atoms with Gasteiger partial charge in [0.1, 0.15) is 5.82 Å². The van der Waals surface area contributed by atoms with E-state index in [0.717, 1.165) is 47.1 Å². The second-order valence-electron chi connectivity index (χ2n) is 6.83. The lowest BCUT2D eigenvalue weighted by Crippen LogP contribution is -2.36. The molecule has 6 heteroatoms. The molecule has 1 amide bonds. The number of fused-ring (bicyclic) bond motifs is 1. The molecule has 0 unspecified atom stereocenters. The van der Waals surface area contributed by atoms with Gasteiger partial charge in [0.25, 0.3) is 0 Å². The fourth-order valence-electron chi connectivity index (χ4n) is 3.01. The van der Waals surface area contributed by atoms with Crippen molar-refractivity contribution in [3.05, 3.63) is 48.3 Å². The van der Waals surface area contributed by atoms with Crippen molar-refractivity contribution in [2.45, 2.75) is 37.9 Å². The van der Waals surface area contributed by atoms with Crippen LogP contribution in [0.3, 0.4) is 0 Å². The molecule has 0 aliphatic heterocycles. The van der Waals surface area contributed by atoms with E-state index in [2.05, 4.69) is 22.4 Å². The predicted molar refractivity (Wildman–Crippen MR) is 112 cm³/mol. The van der Waals surface area contributed by atoms with Crippen LogP contribution in [0.15, 0.2) is 42.5 Å². The summed E-state index contributed by atoms with van der Waals surface area (Å²) in [5.74, 6) is -0.274. The van der Waals surface area contributed by atoms with Gasteiger partial charge in [0.2, 0.25) is 5.91 Å². The number of halogens is 1. The lowest BCUT2D eigenvalue weighted by molar-refractivity contribution is -0.118. The summed E-state index contributed by atoms with van der Waals surface area (Å²) in [7, 11) is 0. The monoisotopic (exact) mass is 385 g/mol. The van der Waals surface area contributed by atoms with E-state index in [1.54, 1.807) is 23.9 Å². The molecule has 0 aliphatic rings. The molecule has 2 N–H and O–H groups in total. The summed E-state index contributed by atoms with van der Waals surface area (Å²) in [6, 6.07) is 11.9. The molecular weight excluding hydrogens is 361 g/mol. The molecule has 0 saturated carbocycles. The molecule has 1 atom stereocenters. The summed E-state index contributed by atoms with van der Waals surface area (Å²) >= 11 is 1.58. The highest BCUT2D eigenvalue weighted by molar-refractivity contribution is 8.00. The Morgan fingerprint density at radius 1 is 1.26 bits per heavy atom. The van der Waals surface area contributed by atoms with Crippen molar-refractivity contribution < 1.29 is 9.18 Å². The van der Waals surface area contributed by atoms with Gasteiger partial charge in [-0.2, -0.15) is 5.10 Å². The second kappa shape index (κ2) is 8.13. The molecule has 0 saturated heterocycles. The third-order valence-corrected chi connectivity index (χ3v) is 6.17. The molecule has 3 rings (SSSR count). The smallest absolute Gasteiger partial charge is 0.240 e. The van der Waals surface area contributed by atoms with Crippen molar-refractivity contribution >= 4 is 34.3 Å². The number of anilines is 1. The zero-order valence-corrected chi connectivity index (χ0v) is 16.6. The van der Waals surface area contributed by atoms with Gasteiger partial charge in [-0.15, -0.1) is 11.8 Å². The maximum absolute atomic E-state index is 13.2. The molecule has 0 fully saturated rings. The largest absolute Gasteiger partial charge is 0.325 e. The topological polar surface area (TPSA) is 57.8 Å². The van der Waals surface area contributed by atoms with Crippen LogP contribution in [0.2, 0.25) is 0 Å². The number of rotatable bonds is 7.